The summed E-state index contributed by atoms with van der Waals surface area (Å²) in [6.45, 7) is 0. The van der Waals surface area contributed by atoms with Crippen LogP contribution in [0.1, 0.15) is 57.7 Å². The van der Waals surface area contributed by atoms with E-state index in [1.807, 2.05) is 91.3 Å². The molecule has 6 unspecified atom stereocenters. The Bertz CT molecular complexity index is 2770. The highest BCUT2D eigenvalue weighted by atomic mass is 79.9. The molecule has 1 aliphatic carbocycles. The SMILES string of the molecule is CN1C(=O)C(c2c[nH]c3ccccc23)C(c2c[nH]c3ccc(Br)cc23)C1=O.CN1C(=O)C2c3c([nH]c4ccccc34)C3Nc4ccc(Br)cc4C3C2C1=O. The van der Waals surface area contributed by atoms with Crippen molar-refractivity contribution in [3.63, 3.8) is 0 Å². The van der Waals surface area contributed by atoms with Gasteiger partial charge in [0.1, 0.15) is 0 Å². The van der Waals surface area contributed by atoms with Gasteiger partial charge in [0.25, 0.3) is 0 Å². The zero-order chi connectivity index (χ0) is 37.2. The third-order valence-corrected chi connectivity index (χ3v) is 12.9. The van der Waals surface area contributed by atoms with Crippen molar-refractivity contribution in [1.82, 2.24) is 24.8 Å². The monoisotopic (exact) mass is 842 g/mol. The van der Waals surface area contributed by atoms with Crippen molar-refractivity contribution in [3.05, 3.63) is 134 Å². The Kier molecular flexibility index (Phi) is 7.38. The number of halogens is 2. The lowest BCUT2D eigenvalue weighted by Crippen LogP contribution is -2.33. The Balaban J connectivity index is 0.000000134. The standard InChI is InChI=1S/2C21H16BrN3O2/c1-25-20(26)16-14-10-4-2-3-5-12(10)23-18(14)19-15(17(16)21(25)27)11-8-9(22)6-7-13(11)24-19;1-25-20(26)18(14-9-23-16-5-3-2-4-12(14)16)19(21(25)27)15-10-24-17-7-6-11(22)8-13(15)17/h2-8,15-17,19,23-24H,1H3;2-10,18-19,23-24H,1H3. The van der Waals surface area contributed by atoms with Crippen LogP contribution in [0.5, 0.6) is 0 Å². The van der Waals surface area contributed by atoms with Crippen LogP contribution in [0.25, 0.3) is 32.7 Å². The maximum atomic E-state index is 13.1. The summed E-state index contributed by atoms with van der Waals surface area (Å²) in [5.74, 6) is -2.48. The van der Waals surface area contributed by atoms with Crippen molar-refractivity contribution in [2.45, 2.75) is 29.7 Å². The van der Waals surface area contributed by atoms with Crippen LogP contribution in [0, 0.1) is 5.92 Å². The molecule has 6 heterocycles. The van der Waals surface area contributed by atoms with Crippen molar-refractivity contribution in [1.29, 1.82) is 0 Å². The fourth-order valence-corrected chi connectivity index (χ4v) is 10.2. The molecule has 4 N–H and O–H groups in total. The van der Waals surface area contributed by atoms with Crippen molar-refractivity contribution >= 4 is 93.9 Å². The second-order valence-electron chi connectivity index (χ2n) is 14.5. The molecule has 4 aliphatic rings. The molecule has 0 radical (unpaired) electrons. The number of benzene rings is 4. The van der Waals surface area contributed by atoms with Crippen LogP contribution in [0.2, 0.25) is 0 Å². The summed E-state index contributed by atoms with van der Waals surface area (Å²) in [5, 5.41) is 6.58. The summed E-state index contributed by atoms with van der Waals surface area (Å²) < 4.78 is 1.91. The van der Waals surface area contributed by atoms with Crippen molar-refractivity contribution in [2.75, 3.05) is 19.4 Å². The van der Waals surface area contributed by atoms with Crippen LogP contribution in [0.15, 0.2) is 106 Å². The molecule has 11 rings (SSSR count). The minimum atomic E-state index is -0.551. The largest absolute Gasteiger partial charge is 0.376 e. The molecule has 4 amide bonds. The van der Waals surface area contributed by atoms with E-state index in [0.717, 1.165) is 75.3 Å². The van der Waals surface area contributed by atoms with E-state index in [0.29, 0.717) is 0 Å². The van der Waals surface area contributed by atoms with Gasteiger partial charge >= 0.3 is 0 Å². The van der Waals surface area contributed by atoms with Gasteiger partial charge in [-0.05, 0) is 70.8 Å². The number of H-pyrrole nitrogens is 3. The predicted molar refractivity (Wildman–Crippen MR) is 213 cm³/mol. The topological polar surface area (TPSA) is 134 Å². The summed E-state index contributed by atoms with van der Waals surface area (Å²) in [7, 11) is 3.17. The van der Waals surface area contributed by atoms with Crippen LogP contribution in [0.4, 0.5) is 5.69 Å². The number of nitrogens with zero attached hydrogens (tertiary/aromatic N) is 2. The molecule has 54 heavy (non-hydrogen) atoms. The van der Waals surface area contributed by atoms with E-state index in [9.17, 15) is 19.2 Å². The number of hydrogen-bond donors (Lipinski definition) is 4. The molecule has 3 aliphatic heterocycles. The third-order valence-electron chi connectivity index (χ3n) is 11.9. The molecule has 4 aromatic carbocycles. The molecule has 0 bridgehead atoms. The Morgan fingerprint density at radius 3 is 1.87 bits per heavy atom. The highest BCUT2D eigenvalue weighted by Crippen LogP contribution is 2.60. The number of carbonyl (C=O) groups excluding carboxylic acids is 4. The van der Waals surface area contributed by atoms with Gasteiger partial charge in [0.05, 0.1) is 29.7 Å². The van der Waals surface area contributed by atoms with Gasteiger partial charge in [-0.3, -0.25) is 29.0 Å². The maximum absolute atomic E-state index is 13.1. The van der Waals surface area contributed by atoms with Crippen molar-refractivity contribution < 1.29 is 19.2 Å². The first-order valence-electron chi connectivity index (χ1n) is 17.7. The zero-order valence-electron chi connectivity index (χ0n) is 29.0. The van der Waals surface area contributed by atoms with E-state index >= 15 is 0 Å². The smallest absolute Gasteiger partial charge is 0.237 e. The van der Waals surface area contributed by atoms with Crippen LogP contribution < -0.4 is 5.32 Å². The summed E-state index contributed by atoms with van der Waals surface area (Å²) in [6, 6.07) is 27.9. The van der Waals surface area contributed by atoms with Crippen molar-refractivity contribution in [2.24, 2.45) is 5.92 Å². The molecule has 2 fully saturated rings. The highest BCUT2D eigenvalue weighted by Gasteiger charge is 2.59. The average molecular weight is 845 g/mol. The normalized spacial score (nSPS) is 24.1. The minimum absolute atomic E-state index is 0.0406. The first-order chi connectivity index (χ1) is 26.1. The fraction of sp³-hybridized carbons (Fsp3) is 0.190. The second-order valence-corrected chi connectivity index (χ2v) is 16.4. The zero-order valence-corrected chi connectivity index (χ0v) is 32.2. The van der Waals surface area contributed by atoms with Gasteiger partial charge in [0.2, 0.25) is 23.6 Å². The number of hydrogen-bond acceptors (Lipinski definition) is 5. The van der Waals surface area contributed by atoms with Crippen LogP contribution >= 0.6 is 31.9 Å². The lowest BCUT2D eigenvalue weighted by Gasteiger charge is -2.33. The predicted octanol–water partition coefficient (Wildman–Crippen LogP) is 8.17. The maximum Gasteiger partial charge on any atom is 0.237 e. The Labute approximate surface area is 325 Å². The van der Waals surface area contributed by atoms with Gasteiger partial charge in [-0.2, -0.15) is 0 Å². The molecule has 10 nitrogen and oxygen atoms in total. The quantitative estimate of drug-likeness (QED) is 0.130. The van der Waals surface area contributed by atoms with Crippen molar-refractivity contribution in [3.8, 4) is 0 Å². The van der Waals surface area contributed by atoms with Gasteiger partial charge in [-0.25, -0.2) is 0 Å². The number of fused-ring (bicyclic) bond motifs is 12. The molecule has 3 aromatic heterocycles. The lowest BCUT2D eigenvalue weighted by molar-refractivity contribution is -0.139. The lowest BCUT2D eigenvalue weighted by atomic mass is 9.68. The molecule has 12 heteroatoms. The number of imide groups is 2. The number of para-hydroxylation sites is 2. The van der Waals surface area contributed by atoms with E-state index in [-0.39, 0.29) is 41.5 Å². The van der Waals surface area contributed by atoms with E-state index in [1.165, 1.54) is 9.80 Å². The van der Waals surface area contributed by atoms with Crippen LogP contribution in [-0.4, -0.2) is 62.5 Å². The summed E-state index contributed by atoms with van der Waals surface area (Å²) in [6.07, 6.45) is 3.71. The van der Waals surface area contributed by atoms with Gasteiger partial charge in [-0.15, -0.1) is 0 Å². The first-order valence-corrected chi connectivity index (χ1v) is 19.3. The number of likely N-dealkylation sites (N-methyl/N-ethyl adjacent to an activating group) is 2. The van der Waals surface area contributed by atoms with Gasteiger partial charge in [0.15, 0.2) is 0 Å². The highest BCUT2D eigenvalue weighted by molar-refractivity contribution is 9.10. The van der Waals surface area contributed by atoms with Gasteiger partial charge in [0, 0.05) is 85.4 Å². The molecule has 2 saturated heterocycles. The number of rotatable bonds is 2. The Morgan fingerprint density at radius 1 is 0.556 bits per heavy atom. The Morgan fingerprint density at radius 2 is 1.13 bits per heavy atom. The number of aromatic amines is 3. The molecule has 7 aromatic rings. The van der Waals surface area contributed by atoms with Crippen LogP contribution in [0.3, 0.4) is 0 Å². The van der Waals surface area contributed by atoms with Crippen LogP contribution in [-0.2, 0) is 19.2 Å². The number of anilines is 1. The second kappa shape index (κ2) is 12.0. The number of carbonyl (C=O) groups is 4. The van der Waals surface area contributed by atoms with E-state index < -0.39 is 17.8 Å². The first kappa shape index (κ1) is 33.1. The number of aromatic nitrogens is 3. The molecular formula is C42H32Br2N6O4. The number of nitrogens with one attached hydrogen (secondary N) is 4. The molecular weight excluding hydrogens is 812 g/mol. The fourth-order valence-electron chi connectivity index (χ4n) is 9.46. The number of likely N-dealkylation sites (tertiary alicyclic amines) is 2. The molecule has 0 saturated carbocycles. The Hall–Kier alpha value is -5.46. The van der Waals surface area contributed by atoms with Gasteiger partial charge in [-0.1, -0.05) is 68.3 Å². The number of amides is 4. The summed E-state index contributed by atoms with van der Waals surface area (Å²) >= 11 is 7.06. The molecule has 0 spiro atoms. The average Bonchev–Trinajstić information content (AvgIpc) is 4.02. The van der Waals surface area contributed by atoms with E-state index in [4.69, 9.17) is 0 Å². The summed E-state index contributed by atoms with van der Waals surface area (Å²) in [4.78, 5) is 64.9. The third kappa shape index (κ3) is 4.62. The van der Waals surface area contributed by atoms with E-state index in [1.54, 1.807) is 14.1 Å². The van der Waals surface area contributed by atoms with Gasteiger partial charge < -0.3 is 20.3 Å². The molecule has 6 atom stereocenters. The molecule has 268 valence electrons. The minimum Gasteiger partial charge on any atom is -0.376 e. The summed E-state index contributed by atoms with van der Waals surface area (Å²) in [5.41, 5.74) is 8.79. The van der Waals surface area contributed by atoms with E-state index in [2.05, 4.69) is 58.2 Å².